The van der Waals surface area contributed by atoms with Gasteiger partial charge in [0.2, 0.25) is 0 Å². The molecule has 0 spiro atoms. The average molecular weight is 246 g/mol. The lowest BCUT2D eigenvalue weighted by atomic mass is 9.58. The summed E-state index contributed by atoms with van der Waals surface area (Å²) < 4.78 is 5.02. The second-order valence-electron chi connectivity index (χ2n) is 5.53. The third kappa shape index (κ3) is 1.36. The number of rotatable bonds is 1. The van der Waals surface area contributed by atoms with E-state index in [1.165, 1.54) is 19.1 Å². The summed E-state index contributed by atoms with van der Waals surface area (Å²) in [5.41, 5.74) is 0.665. The van der Waals surface area contributed by atoms with Crippen LogP contribution in [-0.2, 0) is 14.3 Å². The van der Waals surface area contributed by atoms with Crippen molar-refractivity contribution in [2.45, 2.75) is 32.1 Å². The Balaban J connectivity index is 2.09. The first-order valence-corrected chi connectivity index (χ1v) is 6.70. The summed E-state index contributed by atoms with van der Waals surface area (Å²) in [6.07, 6.45) is 10.7. The van der Waals surface area contributed by atoms with Gasteiger partial charge < -0.3 is 4.74 Å². The van der Waals surface area contributed by atoms with Crippen molar-refractivity contribution < 1.29 is 14.3 Å². The Morgan fingerprint density at radius 3 is 3.00 bits per heavy atom. The summed E-state index contributed by atoms with van der Waals surface area (Å²) in [5, 5.41) is 0. The number of allylic oxidation sites excluding steroid dienone is 3. The minimum absolute atomic E-state index is 0.0845. The molecule has 1 saturated carbocycles. The van der Waals surface area contributed by atoms with Crippen LogP contribution < -0.4 is 0 Å². The highest BCUT2D eigenvalue weighted by Crippen LogP contribution is 2.55. The van der Waals surface area contributed by atoms with E-state index in [9.17, 15) is 9.59 Å². The fourth-order valence-corrected chi connectivity index (χ4v) is 3.98. The monoisotopic (exact) mass is 246 g/mol. The molecule has 0 N–H and O–H groups in total. The van der Waals surface area contributed by atoms with Crippen LogP contribution in [0, 0.1) is 17.3 Å². The van der Waals surface area contributed by atoms with E-state index in [2.05, 4.69) is 6.08 Å². The van der Waals surface area contributed by atoms with Crippen molar-refractivity contribution in [2.24, 2.45) is 17.3 Å². The zero-order valence-corrected chi connectivity index (χ0v) is 10.6. The molecule has 3 rings (SSSR count). The Labute approximate surface area is 107 Å². The Morgan fingerprint density at radius 2 is 2.22 bits per heavy atom. The summed E-state index contributed by atoms with van der Waals surface area (Å²) in [6.45, 7) is 0. The molecule has 0 amide bonds. The second kappa shape index (κ2) is 4.08. The van der Waals surface area contributed by atoms with Crippen LogP contribution in [-0.4, -0.2) is 18.9 Å². The van der Waals surface area contributed by atoms with E-state index < -0.39 is 5.41 Å². The van der Waals surface area contributed by atoms with Gasteiger partial charge in [0.25, 0.3) is 0 Å². The van der Waals surface area contributed by atoms with Gasteiger partial charge in [0, 0.05) is 11.8 Å². The molecule has 0 aromatic carbocycles. The molecule has 3 aliphatic rings. The maximum absolute atomic E-state index is 12.3. The smallest absolute Gasteiger partial charge is 0.317 e. The van der Waals surface area contributed by atoms with Crippen LogP contribution in [0.5, 0.6) is 0 Å². The summed E-state index contributed by atoms with van der Waals surface area (Å²) in [4.78, 5) is 24.3. The van der Waals surface area contributed by atoms with Gasteiger partial charge in [-0.1, -0.05) is 24.1 Å². The third-order valence-electron chi connectivity index (χ3n) is 4.83. The fourth-order valence-electron chi connectivity index (χ4n) is 3.98. The first kappa shape index (κ1) is 11.7. The van der Waals surface area contributed by atoms with Gasteiger partial charge in [0.1, 0.15) is 5.41 Å². The van der Waals surface area contributed by atoms with Gasteiger partial charge in [-0.05, 0) is 31.8 Å². The number of ether oxygens (including phenoxy) is 1. The summed E-state index contributed by atoms with van der Waals surface area (Å²) in [6, 6.07) is 0. The van der Waals surface area contributed by atoms with Gasteiger partial charge in [-0.2, -0.15) is 0 Å². The Bertz CT molecular complexity index is 460. The molecule has 96 valence electrons. The van der Waals surface area contributed by atoms with Crippen LogP contribution in [0.25, 0.3) is 0 Å². The molecular formula is C15H18O3. The van der Waals surface area contributed by atoms with Crippen LogP contribution >= 0.6 is 0 Å². The predicted octanol–water partition coefficient (Wildman–Crippen LogP) is 2.42. The summed E-state index contributed by atoms with van der Waals surface area (Å²) in [7, 11) is 1.42. The quantitative estimate of drug-likeness (QED) is 0.527. The lowest BCUT2D eigenvalue weighted by Crippen LogP contribution is -2.47. The molecule has 0 aliphatic heterocycles. The van der Waals surface area contributed by atoms with Gasteiger partial charge >= 0.3 is 5.97 Å². The molecular weight excluding hydrogens is 228 g/mol. The topological polar surface area (TPSA) is 43.4 Å². The van der Waals surface area contributed by atoms with Crippen LogP contribution in [0.3, 0.4) is 0 Å². The Hall–Kier alpha value is -1.38. The molecule has 1 unspecified atom stereocenters. The Morgan fingerprint density at radius 1 is 1.39 bits per heavy atom. The van der Waals surface area contributed by atoms with E-state index in [1.807, 2.05) is 6.08 Å². The van der Waals surface area contributed by atoms with Crippen molar-refractivity contribution in [3.05, 3.63) is 23.8 Å². The Kier molecular flexibility index (Phi) is 2.65. The van der Waals surface area contributed by atoms with E-state index in [0.29, 0.717) is 6.42 Å². The summed E-state index contributed by atoms with van der Waals surface area (Å²) >= 11 is 0. The minimum Gasteiger partial charge on any atom is -0.468 e. The van der Waals surface area contributed by atoms with Gasteiger partial charge in [0.05, 0.1) is 7.11 Å². The highest BCUT2D eigenvalue weighted by atomic mass is 16.5. The molecule has 0 aromatic rings. The molecule has 0 bridgehead atoms. The number of carbonyl (C=O) groups excluding carboxylic acids is 2. The van der Waals surface area contributed by atoms with Crippen molar-refractivity contribution in [3.8, 4) is 0 Å². The molecule has 0 aromatic heterocycles. The lowest BCUT2D eigenvalue weighted by Gasteiger charge is -2.44. The van der Waals surface area contributed by atoms with E-state index >= 15 is 0 Å². The molecule has 3 aliphatic carbocycles. The molecule has 0 radical (unpaired) electrons. The minimum atomic E-state index is -0.698. The standard InChI is InChI=1S/C15H18O3/c1-18-14(17)15-9-8-13(16)12(15)7-6-10-4-2-3-5-11(10)15/h6,8-9,11-12H,2-5,7H2,1H3/t11?,12-,15+/m1/s1. The molecule has 3 heteroatoms. The number of hydrogen-bond acceptors (Lipinski definition) is 3. The average Bonchev–Trinajstić information content (AvgIpc) is 2.77. The molecule has 1 fully saturated rings. The van der Waals surface area contributed by atoms with E-state index in [4.69, 9.17) is 4.74 Å². The molecule has 3 nitrogen and oxygen atoms in total. The third-order valence-corrected chi connectivity index (χ3v) is 4.83. The SMILES string of the molecule is COC(=O)[C@]12C=CC(=O)[C@H]1CC=C1CCCCC12. The van der Waals surface area contributed by atoms with E-state index in [0.717, 1.165) is 19.3 Å². The zero-order chi connectivity index (χ0) is 12.8. The molecule has 0 heterocycles. The lowest BCUT2D eigenvalue weighted by molar-refractivity contribution is -0.158. The van der Waals surface area contributed by atoms with Crippen LogP contribution in [0.4, 0.5) is 0 Å². The van der Waals surface area contributed by atoms with Gasteiger partial charge in [-0.3, -0.25) is 9.59 Å². The number of fused-ring (bicyclic) bond motifs is 3. The van der Waals surface area contributed by atoms with Crippen molar-refractivity contribution in [1.82, 2.24) is 0 Å². The highest BCUT2D eigenvalue weighted by Gasteiger charge is 2.58. The maximum atomic E-state index is 12.3. The number of esters is 1. The fraction of sp³-hybridized carbons (Fsp3) is 0.600. The maximum Gasteiger partial charge on any atom is 0.317 e. The van der Waals surface area contributed by atoms with Crippen molar-refractivity contribution >= 4 is 11.8 Å². The van der Waals surface area contributed by atoms with Crippen LogP contribution in [0.15, 0.2) is 23.8 Å². The first-order valence-electron chi connectivity index (χ1n) is 6.70. The largest absolute Gasteiger partial charge is 0.468 e. The molecule has 3 atom stereocenters. The van der Waals surface area contributed by atoms with Crippen molar-refractivity contribution in [2.75, 3.05) is 7.11 Å². The number of hydrogen-bond donors (Lipinski definition) is 0. The zero-order valence-electron chi connectivity index (χ0n) is 10.6. The number of methoxy groups -OCH3 is 1. The van der Waals surface area contributed by atoms with Gasteiger partial charge in [-0.15, -0.1) is 0 Å². The van der Waals surface area contributed by atoms with E-state index in [-0.39, 0.29) is 23.6 Å². The first-order chi connectivity index (χ1) is 8.70. The predicted molar refractivity (Wildman–Crippen MR) is 66.7 cm³/mol. The van der Waals surface area contributed by atoms with Crippen molar-refractivity contribution in [1.29, 1.82) is 0 Å². The van der Waals surface area contributed by atoms with Crippen LogP contribution in [0.1, 0.15) is 32.1 Å². The van der Waals surface area contributed by atoms with Gasteiger partial charge in [-0.25, -0.2) is 0 Å². The molecule has 18 heavy (non-hydrogen) atoms. The number of carbonyl (C=O) groups is 2. The second-order valence-corrected chi connectivity index (χ2v) is 5.53. The number of ketones is 1. The van der Waals surface area contributed by atoms with Crippen LogP contribution in [0.2, 0.25) is 0 Å². The van der Waals surface area contributed by atoms with E-state index in [1.54, 1.807) is 6.08 Å². The summed E-state index contributed by atoms with van der Waals surface area (Å²) in [5.74, 6) is -0.190. The van der Waals surface area contributed by atoms with Crippen molar-refractivity contribution in [3.63, 3.8) is 0 Å². The van der Waals surface area contributed by atoms with Gasteiger partial charge in [0.15, 0.2) is 5.78 Å². The normalized spacial score (nSPS) is 37.8. The molecule has 0 saturated heterocycles. The highest BCUT2D eigenvalue weighted by molar-refractivity contribution is 6.02.